The topological polar surface area (TPSA) is 92.1 Å². The van der Waals surface area contributed by atoms with Gasteiger partial charge in [0.2, 0.25) is 5.91 Å². The van der Waals surface area contributed by atoms with Crippen molar-refractivity contribution in [2.45, 2.75) is 19.0 Å². The molecule has 122 valence electrons. The molecule has 0 aliphatic carbocycles. The summed E-state index contributed by atoms with van der Waals surface area (Å²) in [6.07, 6.45) is 1.66. The third-order valence-corrected chi connectivity index (χ3v) is 4.26. The van der Waals surface area contributed by atoms with E-state index in [-0.39, 0.29) is 11.6 Å². The van der Waals surface area contributed by atoms with Gasteiger partial charge in [-0.15, -0.1) is 0 Å². The highest BCUT2D eigenvalue weighted by atomic mass is 32.2. The molecule has 2 aromatic rings. The molecule has 0 aliphatic heterocycles. The van der Waals surface area contributed by atoms with Crippen molar-refractivity contribution in [2.24, 2.45) is 0 Å². The van der Waals surface area contributed by atoms with Crippen molar-refractivity contribution in [1.29, 1.82) is 0 Å². The Bertz CT molecular complexity index is 680. The van der Waals surface area contributed by atoms with Gasteiger partial charge in [0.25, 0.3) is 5.69 Å². The highest BCUT2D eigenvalue weighted by Crippen LogP contribution is 2.23. The first-order valence-electron chi connectivity index (χ1n) is 7.25. The highest BCUT2D eigenvalue weighted by Gasteiger charge is 2.12. The Morgan fingerprint density at radius 3 is 2.52 bits per heavy atom. The second-order valence-electron chi connectivity index (χ2n) is 4.76. The number of nitro groups is 1. The van der Waals surface area contributed by atoms with E-state index in [4.69, 9.17) is 0 Å². The number of aromatic amines is 1. The summed E-state index contributed by atoms with van der Waals surface area (Å²) < 4.78 is 0. The Balaban J connectivity index is 2.00. The summed E-state index contributed by atoms with van der Waals surface area (Å²) in [6, 6.07) is 6.24. The first-order chi connectivity index (χ1) is 11.0. The van der Waals surface area contributed by atoms with Gasteiger partial charge in [-0.25, -0.2) is 4.98 Å². The van der Waals surface area contributed by atoms with Gasteiger partial charge in [0.05, 0.1) is 22.6 Å². The van der Waals surface area contributed by atoms with E-state index in [1.54, 1.807) is 23.2 Å². The third kappa shape index (κ3) is 4.32. The largest absolute Gasteiger partial charge is 0.343 e. The van der Waals surface area contributed by atoms with Crippen LogP contribution in [0.5, 0.6) is 0 Å². The number of rotatable bonds is 7. The summed E-state index contributed by atoms with van der Waals surface area (Å²) in [5, 5.41) is 11.3. The number of hydrogen-bond acceptors (Lipinski definition) is 5. The molecule has 2 rings (SSSR count). The Morgan fingerprint density at radius 1 is 1.30 bits per heavy atom. The molecular formula is C15H18N4O3S. The van der Waals surface area contributed by atoms with E-state index in [0.717, 1.165) is 11.3 Å². The van der Waals surface area contributed by atoms with Crippen LogP contribution in [0.4, 0.5) is 5.69 Å². The molecule has 1 aromatic carbocycles. The molecule has 1 amide bonds. The van der Waals surface area contributed by atoms with Gasteiger partial charge in [0, 0.05) is 30.8 Å². The molecule has 0 aliphatic rings. The van der Waals surface area contributed by atoms with Crippen molar-refractivity contribution in [3.63, 3.8) is 0 Å². The molecule has 0 unspecified atom stereocenters. The number of nitro benzene ring substituents is 1. The van der Waals surface area contributed by atoms with Crippen LogP contribution in [0.15, 0.2) is 35.6 Å². The summed E-state index contributed by atoms with van der Waals surface area (Å²) in [5.41, 5.74) is 1.62. The third-order valence-electron chi connectivity index (χ3n) is 3.39. The van der Waals surface area contributed by atoms with Crippen LogP contribution in [0, 0.1) is 10.1 Å². The zero-order chi connectivity index (χ0) is 16.8. The van der Waals surface area contributed by atoms with Crippen molar-refractivity contribution < 1.29 is 9.72 Å². The Morgan fingerprint density at radius 2 is 1.96 bits per heavy atom. The SMILES string of the molecule is CCN(CC)C(=O)CSc1ncc(-c2ccc([N+](=O)[O-])cc2)[nH]1. The van der Waals surface area contributed by atoms with Crippen LogP contribution in [-0.4, -0.2) is 44.5 Å². The highest BCUT2D eigenvalue weighted by molar-refractivity contribution is 7.99. The number of imidazole rings is 1. The van der Waals surface area contributed by atoms with Crippen molar-refractivity contribution in [1.82, 2.24) is 14.9 Å². The van der Waals surface area contributed by atoms with E-state index < -0.39 is 4.92 Å². The van der Waals surface area contributed by atoms with Crippen LogP contribution < -0.4 is 0 Å². The normalized spacial score (nSPS) is 10.5. The first kappa shape index (κ1) is 17.0. The lowest BCUT2D eigenvalue weighted by atomic mass is 10.1. The van der Waals surface area contributed by atoms with Gasteiger partial charge >= 0.3 is 0 Å². The van der Waals surface area contributed by atoms with Crippen LogP contribution in [0.2, 0.25) is 0 Å². The van der Waals surface area contributed by atoms with E-state index in [1.807, 2.05) is 13.8 Å². The standard InChI is InChI=1S/C15H18N4O3S/c1-3-18(4-2)14(20)10-23-15-16-9-13(17-15)11-5-7-12(8-6-11)19(21)22/h5-9H,3-4,10H2,1-2H3,(H,16,17). The summed E-state index contributed by atoms with van der Waals surface area (Å²) >= 11 is 1.35. The van der Waals surface area contributed by atoms with Crippen molar-refractivity contribution in [3.05, 3.63) is 40.6 Å². The van der Waals surface area contributed by atoms with E-state index in [2.05, 4.69) is 9.97 Å². The molecule has 0 spiro atoms. The summed E-state index contributed by atoms with van der Waals surface area (Å²) in [4.78, 5) is 31.3. The molecule has 1 heterocycles. The number of carbonyl (C=O) groups is 1. The number of thioether (sulfide) groups is 1. The zero-order valence-electron chi connectivity index (χ0n) is 13.0. The van der Waals surface area contributed by atoms with Gasteiger partial charge in [-0.3, -0.25) is 14.9 Å². The number of nitrogens with zero attached hydrogens (tertiary/aromatic N) is 3. The van der Waals surface area contributed by atoms with Gasteiger partial charge in [-0.2, -0.15) is 0 Å². The second-order valence-corrected chi connectivity index (χ2v) is 5.72. The summed E-state index contributed by atoms with van der Waals surface area (Å²) in [5.74, 6) is 0.405. The number of H-pyrrole nitrogens is 1. The van der Waals surface area contributed by atoms with Gasteiger partial charge in [0.1, 0.15) is 0 Å². The Labute approximate surface area is 138 Å². The molecule has 0 bridgehead atoms. The fourth-order valence-corrected chi connectivity index (χ4v) is 2.84. The maximum Gasteiger partial charge on any atom is 0.269 e. The number of amides is 1. The van der Waals surface area contributed by atoms with Crippen LogP contribution in [0.1, 0.15) is 13.8 Å². The van der Waals surface area contributed by atoms with E-state index in [1.165, 1.54) is 23.9 Å². The molecule has 0 fully saturated rings. The van der Waals surface area contributed by atoms with Gasteiger partial charge in [-0.05, 0) is 26.0 Å². The Hall–Kier alpha value is -2.35. The molecule has 0 saturated carbocycles. The number of benzene rings is 1. The molecule has 1 aromatic heterocycles. The van der Waals surface area contributed by atoms with E-state index in [9.17, 15) is 14.9 Å². The fourth-order valence-electron chi connectivity index (χ4n) is 2.08. The maximum atomic E-state index is 12.0. The lowest BCUT2D eigenvalue weighted by Crippen LogP contribution is -2.31. The van der Waals surface area contributed by atoms with Crippen molar-refractivity contribution in [3.8, 4) is 11.3 Å². The average molecular weight is 334 g/mol. The van der Waals surface area contributed by atoms with Crippen molar-refractivity contribution in [2.75, 3.05) is 18.8 Å². The lowest BCUT2D eigenvalue weighted by Gasteiger charge is -2.17. The number of aromatic nitrogens is 2. The van der Waals surface area contributed by atoms with Crippen molar-refractivity contribution >= 4 is 23.4 Å². The second kappa shape index (κ2) is 7.77. The van der Waals surface area contributed by atoms with E-state index >= 15 is 0 Å². The van der Waals surface area contributed by atoms with Gasteiger partial charge in [-0.1, -0.05) is 11.8 Å². The maximum absolute atomic E-state index is 12.0. The zero-order valence-corrected chi connectivity index (χ0v) is 13.8. The van der Waals surface area contributed by atoms with Crippen LogP contribution in [0.3, 0.4) is 0 Å². The predicted molar refractivity (Wildman–Crippen MR) is 89.3 cm³/mol. The molecule has 0 atom stereocenters. The molecule has 7 nitrogen and oxygen atoms in total. The molecule has 0 saturated heterocycles. The van der Waals surface area contributed by atoms with Crippen LogP contribution in [-0.2, 0) is 4.79 Å². The minimum Gasteiger partial charge on any atom is -0.343 e. The quantitative estimate of drug-likeness (QED) is 0.477. The number of hydrogen-bond donors (Lipinski definition) is 1. The lowest BCUT2D eigenvalue weighted by molar-refractivity contribution is -0.384. The van der Waals surface area contributed by atoms with Gasteiger partial charge in [0.15, 0.2) is 5.16 Å². The summed E-state index contributed by atoms with van der Waals surface area (Å²) in [6.45, 7) is 5.29. The molecule has 8 heteroatoms. The first-order valence-corrected chi connectivity index (χ1v) is 8.24. The number of non-ortho nitro benzene ring substituents is 1. The number of nitrogens with one attached hydrogen (secondary N) is 1. The predicted octanol–water partition coefficient (Wildman–Crippen LogP) is 2.95. The molecule has 1 N–H and O–H groups in total. The molecule has 0 radical (unpaired) electrons. The summed E-state index contributed by atoms with van der Waals surface area (Å²) in [7, 11) is 0. The molecular weight excluding hydrogens is 316 g/mol. The van der Waals surface area contributed by atoms with E-state index in [0.29, 0.717) is 24.0 Å². The monoisotopic (exact) mass is 334 g/mol. The molecule has 23 heavy (non-hydrogen) atoms. The minimum absolute atomic E-state index is 0.0488. The number of carbonyl (C=O) groups excluding carboxylic acids is 1. The minimum atomic E-state index is -0.434. The van der Waals surface area contributed by atoms with Crippen LogP contribution >= 0.6 is 11.8 Å². The van der Waals surface area contributed by atoms with Crippen LogP contribution in [0.25, 0.3) is 11.3 Å². The smallest absolute Gasteiger partial charge is 0.269 e. The van der Waals surface area contributed by atoms with Gasteiger partial charge < -0.3 is 9.88 Å². The Kier molecular flexibility index (Phi) is 5.75. The fraction of sp³-hybridized carbons (Fsp3) is 0.333. The average Bonchev–Trinajstić information content (AvgIpc) is 3.03.